The van der Waals surface area contributed by atoms with Gasteiger partial charge in [-0.15, -0.1) is 11.3 Å². The van der Waals surface area contributed by atoms with Gasteiger partial charge in [-0.25, -0.2) is 0 Å². The Morgan fingerprint density at radius 3 is 2.79 bits per heavy atom. The first-order valence-electron chi connectivity index (χ1n) is 7.66. The highest BCUT2D eigenvalue weighted by molar-refractivity contribution is 8.76. The van der Waals surface area contributed by atoms with Crippen molar-refractivity contribution in [2.24, 2.45) is 5.73 Å². The Hall–Kier alpha value is -1.22. The van der Waals surface area contributed by atoms with Gasteiger partial charge in [0.25, 0.3) is 5.91 Å². The average Bonchev–Trinajstić information content (AvgIpc) is 3.03. The number of thiophene rings is 1. The third-order valence-electron chi connectivity index (χ3n) is 3.15. The van der Waals surface area contributed by atoms with Gasteiger partial charge in [0.05, 0.1) is 4.88 Å². The van der Waals surface area contributed by atoms with Crippen LogP contribution in [0.1, 0.15) is 16.6 Å². The zero-order valence-corrected chi connectivity index (χ0v) is 15.9. The molecule has 2 aromatic rings. The number of nitrogens with one attached hydrogen (secondary N) is 2. The monoisotopic (exact) mass is 383 g/mol. The Bertz CT molecular complexity index is 657. The van der Waals surface area contributed by atoms with Crippen molar-refractivity contribution in [2.75, 3.05) is 24.6 Å². The van der Waals surface area contributed by atoms with E-state index in [0.717, 1.165) is 21.6 Å². The molecule has 2 rings (SSSR count). The molecule has 0 fully saturated rings. The second-order valence-electron chi connectivity index (χ2n) is 4.98. The quantitative estimate of drug-likeness (QED) is 0.458. The standard InChI is InChI=1S/C16H21N3O2S3/c1-2-22-23-8-7-18-15(20)12(17)10-19-16(21)14-9-11-5-3-4-6-13(11)24-14/h3-6,9,12H,2,7-8,10,17H2,1H3,(H,18,20)(H,19,21). The number of carbonyl (C=O) groups excluding carboxylic acids is 2. The fourth-order valence-electron chi connectivity index (χ4n) is 1.97. The van der Waals surface area contributed by atoms with Crippen LogP contribution in [0.4, 0.5) is 0 Å². The number of benzene rings is 1. The number of rotatable bonds is 9. The third kappa shape index (κ3) is 5.70. The molecule has 0 bridgehead atoms. The van der Waals surface area contributed by atoms with Crippen molar-refractivity contribution in [3.05, 3.63) is 35.2 Å². The van der Waals surface area contributed by atoms with E-state index in [0.29, 0.717) is 11.4 Å². The lowest BCUT2D eigenvalue weighted by atomic mass is 10.2. The molecule has 0 saturated carbocycles. The molecule has 4 N–H and O–H groups in total. The lowest BCUT2D eigenvalue weighted by Gasteiger charge is -2.12. The smallest absolute Gasteiger partial charge is 0.261 e. The summed E-state index contributed by atoms with van der Waals surface area (Å²) < 4.78 is 1.06. The van der Waals surface area contributed by atoms with Gasteiger partial charge in [-0.3, -0.25) is 9.59 Å². The lowest BCUT2D eigenvalue weighted by molar-refractivity contribution is -0.122. The minimum absolute atomic E-state index is 0.121. The first-order valence-corrected chi connectivity index (χ1v) is 11.0. The molecular weight excluding hydrogens is 362 g/mol. The summed E-state index contributed by atoms with van der Waals surface area (Å²) in [4.78, 5) is 24.7. The highest BCUT2D eigenvalue weighted by Gasteiger charge is 2.16. The summed E-state index contributed by atoms with van der Waals surface area (Å²) in [6, 6.07) is 8.93. The molecule has 24 heavy (non-hydrogen) atoms. The molecule has 1 aromatic heterocycles. The molecule has 2 amide bonds. The topological polar surface area (TPSA) is 84.2 Å². The van der Waals surface area contributed by atoms with Crippen molar-refractivity contribution in [3.8, 4) is 0 Å². The van der Waals surface area contributed by atoms with Crippen LogP contribution in [0.3, 0.4) is 0 Å². The average molecular weight is 384 g/mol. The summed E-state index contributed by atoms with van der Waals surface area (Å²) in [5, 5.41) is 6.55. The first kappa shape index (κ1) is 19.1. The van der Waals surface area contributed by atoms with Gasteiger partial charge >= 0.3 is 0 Å². The molecule has 0 radical (unpaired) electrons. The van der Waals surface area contributed by atoms with Crippen LogP contribution in [-0.2, 0) is 4.79 Å². The molecule has 0 aliphatic heterocycles. The molecule has 0 aliphatic carbocycles. The molecule has 0 saturated heterocycles. The van der Waals surface area contributed by atoms with Crippen LogP contribution in [0.2, 0.25) is 0 Å². The van der Waals surface area contributed by atoms with E-state index in [1.165, 1.54) is 11.3 Å². The molecule has 130 valence electrons. The van der Waals surface area contributed by atoms with Crippen LogP contribution < -0.4 is 16.4 Å². The zero-order valence-electron chi connectivity index (χ0n) is 13.4. The lowest BCUT2D eigenvalue weighted by Crippen LogP contribution is -2.48. The molecule has 8 heteroatoms. The van der Waals surface area contributed by atoms with Crippen molar-refractivity contribution in [1.82, 2.24) is 10.6 Å². The van der Waals surface area contributed by atoms with E-state index < -0.39 is 6.04 Å². The van der Waals surface area contributed by atoms with E-state index in [9.17, 15) is 9.59 Å². The third-order valence-corrected chi connectivity index (χ3v) is 6.75. The van der Waals surface area contributed by atoms with Crippen LogP contribution in [0.15, 0.2) is 30.3 Å². The second-order valence-corrected chi connectivity index (χ2v) is 8.94. The van der Waals surface area contributed by atoms with E-state index >= 15 is 0 Å². The van der Waals surface area contributed by atoms with Gasteiger partial charge in [0.2, 0.25) is 5.91 Å². The summed E-state index contributed by atoms with van der Waals surface area (Å²) in [6.07, 6.45) is 0. The maximum atomic E-state index is 12.2. The number of amides is 2. The van der Waals surface area contributed by atoms with Crippen molar-refractivity contribution >= 4 is 54.8 Å². The number of hydrogen-bond donors (Lipinski definition) is 3. The van der Waals surface area contributed by atoms with Gasteiger partial charge in [0.15, 0.2) is 0 Å². The van der Waals surface area contributed by atoms with Crippen molar-refractivity contribution in [2.45, 2.75) is 13.0 Å². The molecule has 0 spiro atoms. The van der Waals surface area contributed by atoms with Gasteiger partial charge in [0.1, 0.15) is 6.04 Å². The Morgan fingerprint density at radius 1 is 1.25 bits per heavy atom. The maximum absolute atomic E-state index is 12.2. The molecule has 0 aliphatic rings. The Balaban J connectivity index is 1.75. The maximum Gasteiger partial charge on any atom is 0.261 e. The normalized spacial score (nSPS) is 12.1. The first-order chi connectivity index (χ1) is 11.6. The van der Waals surface area contributed by atoms with Gasteiger partial charge in [-0.05, 0) is 17.5 Å². The zero-order chi connectivity index (χ0) is 17.4. The van der Waals surface area contributed by atoms with E-state index in [2.05, 4.69) is 17.6 Å². The van der Waals surface area contributed by atoms with E-state index in [-0.39, 0.29) is 18.4 Å². The number of nitrogens with two attached hydrogens (primary N) is 1. The van der Waals surface area contributed by atoms with Gasteiger partial charge in [-0.2, -0.15) is 0 Å². The largest absolute Gasteiger partial charge is 0.354 e. The second kappa shape index (κ2) is 9.93. The highest BCUT2D eigenvalue weighted by atomic mass is 33.1. The molecule has 1 heterocycles. The van der Waals surface area contributed by atoms with Gasteiger partial charge in [0, 0.05) is 29.3 Å². The van der Waals surface area contributed by atoms with E-state index in [1.54, 1.807) is 21.6 Å². The Labute approximate surface area is 153 Å². The predicted octanol–water partition coefficient (Wildman–Crippen LogP) is 2.48. The molecular formula is C16H21N3O2S3. The van der Waals surface area contributed by atoms with Crippen LogP contribution in [-0.4, -0.2) is 42.5 Å². The fourth-order valence-corrected chi connectivity index (χ4v) is 4.52. The van der Waals surface area contributed by atoms with Crippen LogP contribution >= 0.6 is 32.9 Å². The number of fused-ring (bicyclic) bond motifs is 1. The van der Waals surface area contributed by atoms with Gasteiger partial charge < -0.3 is 16.4 Å². The Kier molecular flexibility index (Phi) is 7.90. The van der Waals surface area contributed by atoms with Crippen LogP contribution in [0.5, 0.6) is 0 Å². The number of hydrogen-bond acceptors (Lipinski definition) is 6. The summed E-state index contributed by atoms with van der Waals surface area (Å²) in [5.74, 6) is 1.44. The summed E-state index contributed by atoms with van der Waals surface area (Å²) in [5.41, 5.74) is 5.82. The molecule has 1 atom stereocenters. The van der Waals surface area contributed by atoms with Crippen molar-refractivity contribution < 1.29 is 9.59 Å². The highest BCUT2D eigenvalue weighted by Crippen LogP contribution is 2.25. The SMILES string of the molecule is CCSSCCNC(=O)C(N)CNC(=O)c1cc2ccccc2s1. The number of carbonyl (C=O) groups is 2. The van der Waals surface area contributed by atoms with Crippen molar-refractivity contribution in [3.63, 3.8) is 0 Å². The summed E-state index contributed by atoms with van der Waals surface area (Å²) in [6.45, 7) is 2.79. The van der Waals surface area contributed by atoms with Gasteiger partial charge in [-0.1, -0.05) is 46.7 Å². The summed E-state index contributed by atoms with van der Waals surface area (Å²) >= 11 is 1.43. The fraction of sp³-hybridized carbons (Fsp3) is 0.375. The van der Waals surface area contributed by atoms with E-state index in [1.807, 2.05) is 30.3 Å². The minimum Gasteiger partial charge on any atom is -0.354 e. The molecule has 1 unspecified atom stereocenters. The van der Waals surface area contributed by atoms with Crippen molar-refractivity contribution in [1.29, 1.82) is 0 Å². The summed E-state index contributed by atoms with van der Waals surface area (Å²) in [7, 11) is 3.48. The Morgan fingerprint density at radius 2 is 2.04 bits per heavy atom. The minimum atomic E-state index is -0.743. The van der Waals surface area contributed by atoms with E-state index in [4.69, 9.17) is 5.73 Å². The van der Waals surface area contributed by atoms with Crippen LogP contribution in [0.25, 0.3) is 10.1 Å². The molecule has 5 nitrogen and oxygen atoms in total. The predicted molar refractivity (Wildman–Crippen MR) is 106 cm³/mol. The van der Waals surface area contributed by atoms with Crippen LogP contribution in [0, 0.1) is 0 Å². The molecule has 1 aromatic carbocycles.